The molecule has 126 valence electrons. The average molecular weight is 331 g/mol. The van der Waals surface area contributed by atoms with Gasteiger partial charge in [0.2, 0.25) is 0 Å². The van der Waals surface area contributed by atoms with Gasteiger partial charge in [-0.2, -0.15) is 0 Å². The third-order valence-electron chi connectivity index (χ3n) is 3.59. The maximum Gasteiger partial charge on any atom is 0.251 e. The van der Waals surface area contributed by atoms with Gasteiger partial charge in [-0.05, 0) is 18.2 Å². The summed E-state index contributed by atoms with van der Waals surface area (Å²) < 4.78 is 29.9. The van der Waals surface area contributed by atoms with Gasteiger partial charge in [-0.15, -0.1) is 0 Å². The van der Waals surface area contributed by atoms with Crippen molar-refractivity contribution in [2.24, 2.45) is 0 Å². The van der Waals surface area contributed by atoms with Crippen LogP contribution in [-0.2, 0) is 20.8 Å². The van der Waals surface area contributed by atoms with Crippen LogP contribution in [0.1, 0.15) is 5.56 Å². The molecule has 1 aliphatic rings. The number of para-hydroxylation sites is 2. The highest BCUT2D eigenvalue weighted by Gasteiger charge is 2.22. The zero-order valence-corrected chi connectivity index (χ0v) is 13.0. The normalized spacial score (nSPS) is 17.3. The fraction of sp³-hybridized carbons (Fsp3) is 0.278. The zero-order chi connectivity index (χ0) is 16.8. The topological polar surface area (TPSA) is 56.8 Å². The molecule has 0 aromatic heterocycles. The summed E-state index contributed by atoms with van der Waals surface area (Å²) in [7, 11) is 0. The Morgan fingerprint density at radius 3 is 2.62 bits per heavy atom. The molecule has 2 aromatic rings. The van der Waals surface area contributed by atoms with Crippen molar-refractivity contribution in [3.05, 3.63) is 59.9 Å². The molecule has 2 aromatic carbocycles. The van der Waals surface area contributed by atoms with E-state index in [1.807, 2.05) is 12.1 Å². The summed E-state index contributed by atoms with van der Waals surface area (Å²) in [6, 6.07) is 13.3. The molecular formula is C18H18FNO4. The predicted molar refractivity (Wildman–Crippen MR) is 85.3 cm³/mol. The molecule has 0 spiro atoms. The summed E-state index contributed by atoms with van der Waals surface area (Å²) in [5.41, 5.74) is 0.742. The molecule has 0 radical (unpaired) electrons. The van der Waals surface area contributed by atoms with Gasteiger partial charge in [0.05, 0.1) is 19.8 Å². The summed E-state index contributed by atoms with van der Waals surface area (Å²) in [6.07, 6.45) is -0.599. The monoisotopic (exact) mass is 331 g/mol. The Balaban J connectivity index is 1.66. The van der Waals surface area contributed by atoms with E-state index in [-0.39, 0.29) is 24.8 Å². The Kier molecular flexibility index (Phi) is 5.40. The van der Waals surface area contributed by atoms with Gasteiger partial charge in [-0.1, -0.05) is 30.3 Å². The van der Waals surface area contributed by atoms with E-state index in [4.69, 9.17) is 14.2 Å². The smallest absolute Gasteiger partial charge is 0.251 e. The molecule has 1 amide bonds. The third kappa shape index (κ3) is 4.10. The number of halogens is 1. The first-order valence-corrected chi connectivity index (χ1v) is 7.71. The lowest BCUT2D eigenvalue weighted by molar-refractivity contribution is -0.147. The van der Waals surface area contributed by atoms with Gasteiger partial charge >= 0.3 is 0 Å². The maximum atomic E-state index is 13.7. The lowest BCUT2D eigenvalue weighted by Gasteiger charge is -2.22. The van der Waals surface area contributed by atoms with Crippen molar-refractivity contribution in [1.82, 2.24) is 5.32 Å². The van der Waals surface area contributed by atoms with Crippen molar-refractivity contribution < 1.29 is 23.4 Å². The van der Waals surface area contributed by atoms with Gasteiger partial charge in [0.15, 0.2) is 17.7 Å². The summed E-state index contributed by atoms with van der Waals surface area (Å²) in [5, 5.41) is 2.79. The first-order chi connectivity index (χ1) is 11.7. The van der Waals surface area contributed by atoms with Crippen molar-refractivity contribution in [2.45, 2.75) is 12.6 Å². The minimum Gasteiger partial charge on any atom is -0.454 e. The predicted octanol–water partition coefficient (Wildman–Crippen LogP) is 2.65. The summed E-state index contributed by atoms with van der Waals surface area (Å²) in [4.78, 5) is 12.1. The van der Waals surface area contributed by atoms with Crippen LogP contribution in [0.4, 0.5) is 4.39 Å². The van der Waals surface area contributed by atoms with Gasteiger partial charge in [-0.3, -0.25) is 4.79 Å². The SMILES string of the molecule is O=C(NCc1ccccc1Oc1ccccc1F)C1COCCO1. The Morgan fingerprint density at radius 1 is 1.12 bits per heavy atom. The summed E-state index contributed by atoms with van der Waals surface area (Å²) in [5.74, 6) is -0.0523. The Labute approximate surface area is 139 Å². The first kappa shape index (κ1) is 16.4. The largest absolute Gasteiger partial charge is 0.454 e. The second kappa shape index (κ2) is 7.90. The van der Waals surface area contributed by atoms with Crippen molar-refractivity contribution in [3.63, 3.8) is 0 Å². The number of carbonyl (C=O) groups excluding carboxylic acids is 1. The van der Waals surface area contributed by atoms with E-state index >= 15 is 0 Å². The van der Waals surface area contributed by atoms with Gasteiger partial charge in [0.25, 0.3) is 5.91 Å². The first-order valence-electron chi connectivity index (χ1n) is 7.71. The van der Waals surface area contributed by atoms with Crippen molar-refractivity contribution in [2.75, 3.05) is 19.8 Å². The molecule has 1 saturated heterocycles. The minimum atomic E-state index is -0.599. The highest BCUT2D eigenvalue weighted by molar-refractivity contribution is 5.81. The van der Waals surface area contributed by atoms with Gasteiger partial charge < -0.3 is 19.5 Å². The van der Waals surface area contributed by atoms with Crippen LogP contribution < -0.4 is 10.1 Å². The molecule has 0 saturated carbocycles. The van der Waals surface area contributed by atoms with E-state index in [1.54, 1.807) is 30.3 Å². The van der Waals surface area contributed by atoms with E-state index in [0.29, 0.717) is 19.0 Å². The molecule has 0 aliphatic carbocycles. The number of amides is 1. The summed E-state index contributed by atoms with van der Waals surface area (Å²) in [6.45, 7) is 1.41. The van der Waals surface area contributed by atoms with E-state index < -0.39 is 11.9 Å². The fourth-order valence-electron chi connectivity index (χ4n) is 2.33. The van der Waals surface area contributed by atoms with Crippen LogP contribution in [0, 0.1) is 5.82 Å². The quantitative estimate of drug-likeness (QED) is 0.915. The second-order valence-corrected chi connectivity index (χ2v) is 5.29. The van der Waals surface area contributed by atoms with Crippen LogP contribution in [0.5, 0.6) is 11.5 Å². The Hall–Kier alpha value is -2.44. The molecule has 6 heteroatoms. The molecule has 1 N–H and O–H groups in total. The molecule has 3 rings (SSSR count). The number of hydrogen-bond acceptors (Lipinski definition) is 4. The Morgan fingerprint density at radius 2 is 1.88 bits per heavy atom. The van der Waals surface area contributed by atoms with E-state index in [9.17, 15) is 9.18 Å². The molecule has 1 atom stereocenters. The maximum absolute atomic E-state index is 13.7. The lowest BCUT2D eigenvalue weighted by Crippen LogP contribution is -2.42. The number of hydrogen-bond donors (Lipinski definition) is 1. The summed E-state index contributed by atoms with van der Waals surface area (Å²) >= 11 is 0. The van der Waals surface area contributed by atoms with E-state index in [1.165, 1.54) is 6.07 Å². The zero-order valence-electron chi connectivity index (χ0n) is 13.0. The fourth-order valence-corrected chi connectivity index (χ4v) is 2.33. The molecule has 1 aliphatic heterocycles. The third-order valence-corrected chi connectivity index (χ3v) is 3.59. The second-order valence-electron chi connectivity index (χ2n) is 5.29. The van der Waals surface area contributed by atoms with Crippen LogP contribution in [0.2, 0.25) is 0 Å². The molecule has 5 nitrogen and oxygen atoms in total. The lowest BCUT2D eigenvalue weighted by atomic mass is 10.2. The molecule has 1 fully saturated rings. The van der Waals surface area contributed by atoms with Gasteiger partial charge in [0.1, 0.15) is 5.75 Å². The van der Waals surface area contributed by atoms with E-state index in [0.717, 1.165) is 5.56 Å². The van der Waals surface area contributed by atoms with Crippen molar-refractivity contribution in [1.29, 1.82) is 0 Å². The minimum absolute atomic E-state index is 0.139. The molecule has 0 bridgehead atoms. The molecule has 1 unspecified atom stereocenters. The number of carbonyl (C=O) groups is 1. The number of nitrogens with one attached hydrogen (secondary N) is 1. The number of benzene rings is 2. The van der Waals surface area contributed by atoms with Crippen LogP contribution in [0.15, 0.2) is 48.5 Å². The van der Waals surface area contributed by atoms with Crippen LogP contribution in [0.3, 0.4) is 0 Å². The Bertz CT molecular complexity index is 701. The van der Waals surface area contributed by atoms with Crippen LogP contribution in [0.25, 0.3) is 0 Å². The number of ether oxygens (including phenoxy) is 3. The van der Waals surface area contributed by atoms with Gasteiger partial charge in [-0.25, -0.2) is 4.39 Å². The number of rotatable bonds is 5. The van der Waals surface area contributed by atoms with Crippen LogP contribution in [-0.4, -0.2) is 31.8 Å². The average Bonchev–Trinajstić information content (AvgIpc) is 2.63. The highest BCUT2D eigenvalue weighted by Crippen LogP contribution is 2.27. The highest BCUT2D eigenvalue weighted by atomic mass is 19.1. The van der Waals surface area contributed by atoms with Crippen molar-refractivity contribution in [3.8, 4) is 11.5 Å². The van der Waals surface area contributed by atoms with E-state index in [2.05, 4.69) is 5.32 Å². The van der Waals surface area contributed by atoms with Crippen LogP contribution >= 0.6 is 0 Å². The molecular weight excluding hydrogens is 313 g/mol. The molecule has 1 heterocycles. The standard InChI is InChI=1S/C18H18FNO4/c19-14-6-2-4-8-16(14)24-15-7-3-1-5-13(15)11-20-18(21)17-12-22-9-10-23-17/h1-8,17H,9-12H2,(H,20,21). The van der Waals surface area contributed by atoms with Crippen molar-refractivity contribution >= 4 is 5.91 Å². The molecule has 24 heavy (non-hydrogen) atoms. The van der Waals surface area contributed by atoms with Gasteiger partial charge in [0, 0.05) is 12.1 Å².